The lowest BCUT2D eigenvalue weighted by molar-refractivity contribution is -0.137. The number of fused-ring (bicyclic) bond motifs is 1. The molecule has 6 heteroatoms. The number of rotatable bonds is 5. The van der Waals surface area contributed by atoms with Crippen LogP contribution in [0.4, 0.5) is 13.2 Å². The first kappa shape index (κ1) is 18.8. The molecule has 3 rings (SSSR count). The van der Waals surface area contributed by atoms with E-state index in [2.05, 4.69) is 4.98 Å². The normalized spacial score (nSPS) is 12.1. The molecule has 0 unspecified atom stereocenters. The molecule has 2 nitrogen and oxygen atoms in total. The lowest BCUT2D eigenvalue weighted by Gasteiger charge is -2.09. The Labute approximate surface area is 155 Å². The van der Waals surface area contributed by atoms with E-state index in [1.54, 1.807) is 0 Å². The van der Waals surface area contributed by atoms with Crippen molar-refractivity contribution in [1.29, 1.82) is 0 Å². The van der Waals surface area contributed by atoms with Gasteiger partial charge in [0.1, 0.15) is 0 Å². The predicted octanol–water partition coefficient (Wildman–Crippen LogP) is 6.10. The first-order chi connectivity index (χ1) is 12.3. The van der Waals surface area contributed by atoms with Crippen molar-refractivity contribution in [3.63, 3.8) is 0 Å². The Bertz CT molecular complexity index is 911. The Morgan fingerprint density at radius 3 is 2.35 bits per heavy atom. The van der Waals surface area contributed by atoms with Gasteiger partial charge in [0, 0.05) is 16.1 Å². The van der Waals surface area contributed by atoms with Gasteiger partial charge < -0.3 is 10.7 Å². The van der Waals surface area contributed by atoms with Crippen LogP contribution in [0.5, 0.6) is 0 Å². The molecule has 0 saturated heterocycles. The molecule has 3 N–H and O–H groups in total. The minimum absolute atomic E-state index is 0.614. The van der Waals surface area contributed by atoms with Gasteiger partial charge in [-0.2, -0.15) is 13.2 Å². The maximum absolute atomic E-state index is 12.8. The fourth-order valence-electron chi connectivity index (χ4n) is 3.21. The van der Waals surface area contributed by atoms with Crippen molar-refractivity contribution in [2.45, 2.75) is 32.4 Å². The average molecular weight is 381 g/mol. The van der Waals surface area contributed by atoms with Crippen LogP contribution in [0, 0.1) is 6.92 Å². The quantitative estimate of drug-likeness (QED) is 0.516. The van der Waals surface area contributed by atoms with E-state index in [-0.39, 0.29) is 0 Å². The summed E-state index contributed by atoms with van der Waals surface area (Å²) in [5.41, 5.74) is 9.47. The zero-order chi connectivity index (χ0) is 18.9. The zero-order valence-corrected chi connectivity index (χ0v) is 15.1. The van der Waals surface area contributed by atoms with Crippen LogP contribution < -0.4 is 5.73 Å². The first-order valence-electron chi connectivity index (χ1n) is 8.50. The second-order valence-electron chi connectivity index (χ2n) is 6.39. The molecule has 0 fully saturated rings. The van der Waals surface area contributed by atoms with Gasteiger partial charge in [-0.05, 0) is 67.6 Å². The van der Waals surface area contributed by atoms with Crippen molar-refractivity contribution in [3.8, 4) is 11.3 Å². The van der Waals surface area contributed by atoms with Gasteiger partial charge in [0.05, 0.1) is 11.1 Å². The molecule has 138 valence electrons. The molecule has 0 spiro atoms. The van der Waals surface area contributed by atoms with Crippen LogP contribution in [0.15, 0.2) is 36.4 Å². The Balaban J connectivity index is 2.11. The van der Waals surface area contributed by atoms with Crippen LogP contribution in [0.2, 0.25) is 5.02 Å². The minimum Gasteiger partial charge on any atom is -0.354 e. The van der Waals surface area contributed by atoms with Gasteiger partial charge in [0.25, 0.3) is 0 Å². The fraction of sp³-hybridized carbons (Fsp3) is 0.300. The van der Waals surface area contributed by atoms with E-state index in [4.69, 9.17) is 17.3 Å². The number of hydrogen-bond acceptors (Lipinski definition) is 1. The first-order valence-corrected chi connectivity index (χ1v) is 8.88. The third-order valence-electron chi connectivity index (χ3n) is 4.66. The van der Waals surface area contributed by atoms with Crippen molar-refractivity contribution in [2.24, 2.45) is 5.73 Å². The Morgan fingerprint density at radius 1 is 1.04 bits per heavy atom. The summed E-state index contributed by atoms with van der Waals surface area (Å²) in [5.74, 6) is 0. The number of aryl methyl sites for hydroxylation is 2. The van der Waals surface area contributed by atoms with E-state index >= 15 is 0 Å². The summed E-state index contributed by atoms with van der Waals surface area (Å²) in [4.78, 5) is 3.38. The number of hydrogen-bond donors (Lipinski definition) is 2. The maximum Gasteiger partial charge on any atom is 0.416 e. The summed E-state index contributed by atoms with van der Waals surface area (Å²) in [5, 5.41) is 1.71. The monoisotopic (exact) mass is 380 g/mol. The van der Waals surface area contributed by atoms with Crippen LogP contribution in [0.25, 0.3) is 22.2 Å². The largest absolute Gasteiger partial charge is 0.416 e. The third kappa shape index (κ3) is 3.60. The van der Waals surface area contributed by atoms with Crippen LogP contribution in [-0.4, -0.2) is 11.5 Å². The second-order valence-corrected chi connectivity index (χ2v) is 6.80. The number of alkyl halides is 3. The van der Waals surface area contributed by atoms with E-state index in [0.29, 0.717) is 11.6 Å². The third-order valence-corrected chi connectivity index (χ3v) is 5.07. The van der Waals surface area contributed by atoms with Gasteiger partial charge >= 0.3 is 6.18 Å². The van der Waals surface area contributed by atoms with Crippen LogP contribution in [-0.2, 0) is 12.6 Å². The van der Waals surface area contributed by atoms with E-state index in [1.807, 2.05) is 19.1 Å². The lowest BCUT2D eigenvalue weighted by Crippen LogP contribution is -2.04. The number of benzene rings is 2. The van der Waals surface area contributed by atoms with E-state index < -0.39 is 11.7 Å². The van der Waals surface area contributed by atoms with Gasteiger partial charge in [0.2, 0.25) is 0 Å². The summed E-state index contributed by atoms with van der Waals surface area (Å²) >= 11 is 6.23. The maximum atomic E-state index is 12.8. The standard InChI is InChI=1S/C20H20ClF3N2/c1-12-17(21)10-9-16-15(4-2-3-11-25)19(26-18(12)16)13-5-7-14(8-6-13)20(22,23)24/h5-10,26H,2-4,11,25H2,1H3. The molecule has 1 heterocycles. The summed E-state index contributed by atoms with van der Waals surface area (Å²) in [7, 11) is 0. The number of nitrogens with two attached hydrogens (primary N) is 1. The van der Waals surface area contributed by atoms with Crippen molar-refractivity contribution in [1.82, 2.24) is 4.98 Å². The number of unbranched alkanes of at least 4 members (excludes halogenated alkanes) is 1. The molecular weight excluding hydrogens is 361 g/mol. The SMILES string of the molecule is Cc1c(Cl)ccc2c(CCCCN)c(-c3ccc(C(F)(F)F)cc3)[nH]c12. The van der Waals surface area contributed by atoms with Gasteiger partial charge in [0.15, 0.2) is 0 Å². The highest BCUT2D eigenvalue weighted by Gasteiger charge is 2.30. The Hall–Kier alpha value is -1.98. The Kier molecular flexibility index (Phi) is 5.30. The van der Waals surface area contributed by atoms with Gasteiger partial charge in [-0.25, -0.2) is 0 Å². The minimum atomic E-state index is -4.34. The molecule has 0 aliphatic heterocycles. The number of halogens is 4. The molecule has 0 aliphatic carbocycles. The number of nitrogens with one attached hydrogen (secondary N) is 1. The van der Waals surface area contributed by atoms with Crippen molar-refractivity contribution >= 4 is 22.5 Å². The van der Waals surface area contributed by atoms with E-state index in [9.17, 15) is 13.2 Å². The molecule has 1 aromatic heterocycles. The highest BCUT2D eigenvalue weighted by Crippen LogP contribution is 2.36. The average Bonchev–Trinajstić information content (AvgIpc) is 2.97. The number of aromatic nitrogens is 1. The van der Waals surface area contributed by atoms with Crippen LogP contribution in [0.1, 0.15) is 29.5 Å². The molecule has 0 bridgehead atoms. The van der Waals surface area contributed by atoms with Crippen LogP contribution in [0.3, 0.4) is 0 Å². The molecule has 0 saturated carbocycles. The number of aromatic amines is 1. The second kappa shape index (κ2) is 7.33. The molecule has 2 aromatic carbocycles. The van der Waals surface area contributed by atoms with Gasteiger partial charge in [-0.3, -0.25) is 0 Å². The highest BCUT2D eigenvalue weighted by molar-refractivity contribution is 6.32. The number of H-pyrrole nitrogens is 1. The molecule has 0 radical (unpaired) electrons. The topological polar surface area (TPSA) is 41.8 Å². The van der Waals surface area contributed by atoms with Crippen molar-refractivity contribution in [2.75, 3.05) is 6.54 Å². The van der Waals surface area contributed by atoms with E-state index in [0.717, 1.165) is 64.7 Å². The lowest BCUT2D eigenvalue weighted by atomic mass is 9.99. The van der Waals surface area contributed by atoms with Gasteiger partial charge in [-0.15, -0.1) is 0 Å². The van der Waals surface area contributed by atoms with Crippen molar-refractivity contribution < 1.29 is 13.2 Å². The summed E-state index contributed by atoms with van der Waals surface area (Å²) in [6, 6.07) is 9.07. The molecule has 0 aliphatic rings. The van der Waals surface area contributed by atoms with E-state index in [1.165, 1.54) is 12.1 Å². The fourth-order valence-corrected chi connectivity index (χ4v) is 3.37. The Morgan fingerprint density at radius 2 is 1.73 bits per heavy atom. The molecule has 0 atom stereocenters. The van der Waals surface area contributed by atoms with Crippen molar-refractivity contribution in [3.05, 3.63) is 58.1 Å². The predicted molar refractivity (Wildman–Crippen MR) is 100 cm³/mol. The molecule has 0 amide bonds. The van der Waals surface area contributed by atoms with Gasteiger partial charge in [-0.1, -0.05) is 29.8 Å². The summed E-state index contributed by atoms with van der Waals surface area (Å²) in [6.07, 6.45) is -1.73. The molecule has 26 heavy (non-hydrogen) atoms. The summed E-state index contributed by atoms with van der Waals surface area (Å²) < 4.78 is 38.5. The summed E-state index contributed by atoms with van der Waals surface area (Å²) in [6.45, 7) is 2.55. The molecular formula is C20H20ClF3N2. The zero-order valence-electron chi connectivity index (χ0n) is 14.4. The highest BCUT2D eigenvalue weighted by atomic mass is 35.5. The smallest absolute Gasteiger partial charge is 0.354 e. The van der Waals surface area contributed by atoms with Crippen LogP contribution >= 0.6 is 11.6 Å². The molecule has 3 aromatic rings.